The molecule has 0 radical (unpaired) electrons. The number of benzene rings is 1. The van der Waals surface area contributed by atoms with Gasteiger partial charge in [-0.25, -0.2) is 4.39 Å². The van der Waals surface area contributed by atoms with Crippen LogP contribution >= 0.6 is 0 Å². The fraction of sp³-hybridized carbons (Fsp3) is 0.286. The first-order chi connectivity index (χ1) is 10.8. The third-order valence-electron chi connectivity index (χ3n) is 3.20. The molecule has 1 atom stereocenters. The van der Waals surface area contributed by atoms with Crippen LogP contribution in [0.2, 0.25) is 0 Å². The Morgan fingerprint density at radius 3 is 2.61 bits per heavy atom. The van der Waals surface area contributed by atoms with Crippen molar-refractivity contribution in [3.63, 3.8) is 0 Å². The first-order valence-corrected chi connectivity index (χ1v) is 8.44. The average Bonchev–Trinajstić information content (AvgIpc) is 3.00. The summed E-state index contributed by atoms with van der Waals surface area (Å²) in [6.45, 7) is 3.71. The van der Waals surface area contributed by atoms with Crippen LogP contribution in [0.4, 0.5) is 10.1 Å². The van der Waals surface area contributed by atoms with E-state index in [-0.39, 0.29) is 22.3 Å². The Bertz CT molecular complexity index is 787. The summed E-state index contributed by atoms with van der Waals surface area (Å²) in [6, 6.07) is 4.71. The Morgan fingerprint density at radius 1 is 1.35 bits per heavy atom. The Kier molecular flexibility index (Phi) is 4.99. The van der Waals surface area contributed by atoms with E-state index in [2.05, 4.69) is 20.2 Å². The van der Waals surface area contributed by atoms with Crippen molar-refractivity contribution in [2.45, 2.75) is 31.3 Å². The van der Waals surface area contributed by atoms with Gasteiger partial charge in [-0.15, -0.1) is 0 Å². The molecule has 0 unspecified atom stereocenters. The number of H-pyrrole nitrogens is 1. The van der Waals surface area contributed by atoms with E-state index < -0.39 is 21.7 Å². The molecule has 0 saturated heterocycles. The number of anilines is 1. The highest BCUT2D eigenvalue weighted by Crippen LogP contribution is 2.18. The summed E-state index contributed by atoms with van der Waals surface area (Å²) >= 11 is 0. The molecule has 0 aliphatic carbocycles. The number of carbonyl (C=O) groups is 1. The van der Waals surface area contributed by atoms with E-state index in [0.29, 0.717) is 6.42 Å². The zero-order chi connectivity index (χ0) is 17.0. The van der Waals surface area contributed by atoms with Gasteiger partial charge < -0.3 is 5.32 Å². The van der Waals surface area contributed by atoms with E-state index in [0.717, 1.165) is 18.3 Å². The zero-order valence-electron chi connectivity index (χ0n) is 12.6. The second-order valence-corrected chi connectivity index (χ2v) is 6.63. The maximum Gasteiger partial charge on any atom is 0.279 e. The zero-order valence-corrected chi connectivity index (χ0v) is 13.4. The van der Waals surface area contributed by atoms with Gasteiger partial charge in [0.1, 0.15) is 5.82 Å². The molecule has 0 bridgehead atoms. The summed E-state index contributed by atoms with van der Waals surface area (Å²) in [5.41, 5.74) is 0.0918. The molecule has 0 aliphatic rings. The highest BCUT2D eigenvalue weighted by Gasteiger charge is 2.25. The fourth-order valence-electron chi connectivity index (χ4n) is 1.77. The van der Waals surface area contributed by atoms with Gasteiger partial charge in [-0.3, -0.25) is 14.6 Å². The lowest BCUT2D eigenvalue weighted by Gasteiger charge is -2.12. The van der Waals surface area contributed by atoms with E-state index in [9.17, 15) is 17.6 Å². The summed E-state index contributed by atoms with van der Waals surface area (Å²) in [5.74, 6) is -1.02. The monoisotopic (exact) mass is 340 g/mol. The molecular formula is C14H17FN4O3S. The minimum atomic E-state index is -4.05. The number of nitrogens with zero attached hydrogens (tertiary/aromatic N) is 1. The molecule has 7 nitrogen and oxygen atoms in total. The summed E-state index contributed by atoms with van der Waals surface area (Å²) in [6.07, 6.45) is 1.86. The lowest BCUT2D eigenvalue weighted by Crippen LogP contribution is -2.33. The average molecular weight is 340 g/mol. The van der Waals surface area contributed by atoms with Crippen LogP contribution in [-0.2, 0) is 10.0 Å². The number of halogens is 1. The summed E-state index contributed by atoms with van der Waals surface area (Å²) < 4.78 is 39.9. The Labute approximate surface area is 133 Å². The highest BCUT2D eigenvalue weighted by molar-refractivity contribution is 7.92. The minimum Gasteiger partial charge on any atom is -0.349 e. The SMILES string of the molecule is CC[C@@H](C)NC(=O)c1cn[nH]c1S(=O)(=O)Nc1ccc(F)cc1. The van der Waals surface area contributed by atoms with Gasteiger partial charge in [0, 0.05) is 11.7 Å². The third-order valence-corrected chi connectivity index (χ3v) is 4.56. The van der Waals surface area contributed by atoms with Crippen molar-refractivity contribution in [1.29, 1.82) is 0 Å². The van der Waals surface area contributed by atoms with Crippen LogP contribution in [0.25, 0.3) is 0 Å². The molecule has 1 heterocycles. The molecule has 0 aliphatic heterocycles. The van der Waals surface area contributed by atoms with Gasteiger partial charge in [0.25, 0.3) is 15.9 Å². The summed E-state index contributed by atoms with van der Waals surface area (Å²) in [5, 5.41) is 8.28. The van der Waals surface area contributed by atoms with Crippen LogP contribution in [0.1, 0.15) is 30.6 Å². The fourth-order valence-corrected chi connectivity index (χ4v) is 2.92. The van der Waals surface area contributed by atoms with E-state index in [1.807, 2.05) is 13.8 Å². The van der Waals surface area contributed by atoms with Crippen LogP contribution < -0.4 is 10.0 Å². The summed E-state index contributed by atoms with van der Waals surface area (Å²) in [4.78, 5) is 12.1. The Balaban J connectivity index is 2.25. The van der Waals surface area contributed by atoms with Crippen LogP contribution in [0.3, 0.4) is 0 Å². The number of aromatic amines is 1. The molecule has 2 aromatic rings. The van der Waals surface area contributed by atoms with Crippen molar-refractivity contribution in [2.24, 2.45) is 0 Å². The van der Waals surface area contributed by atoms with Crippen molar-refractivity contribution in [3.8, 4) is 0 Å². The van der Waals surface area contributed by atoms with E-state index in [1.54, 1.807) is 0 Å². The molecule has 9 heteroatoms. The van der Waals surface area contributed by atoms with Crippen LogP contribution in [-0.4, -0.2) is 30.6 Å². The molecule has 1 aromatic carbocycles. The smallest absolute Gasteiger partial charge is 0.279 e. The number of sulfonamides is 1. The van der Waals surface area contributed by atoms with Gasteiger partial charge in [-0.2, -0.15) is 13.5 Å². The van der Waals surface area contributed by atoms with E-state index in [1.165, 1.54) is 12.1 Å². The number of nitrogens with one attached hydrogen (secondary N) is 3. The first kappa shape index (κ1) is 16.9. The van der Waals surface area contributed by atoms with Crippen LogP contribution in [0, 0.1) is 5.82 Å². The topological polar surface area (TPSA) is 104 Å². The number of aromatic nitrogens is 2. The molecule has 3 N–H and O–H groups in total. The van der Waals surface area contributed by atoms with Gasteiger partial charge in [0.05, 0.1) is 11.8 Å². The van der Waals surface area contributed by atoms with Gasteiger partial charge >= 0.3 is 0 Å². The molecule has 2 rings (SSSR count). The highest BCUT2D eigenvalue weighted by atomic mass is 32.2. The molecular weight excluding hydrogens is 323 g/mol. The normalized spacial score (nSPS) is 12.7. The number of hydrogen-bond donors (Lipinski definition) is 3. The maximum absolute atomic E-state index is 12.9. The quantitative estimate of drug-likeness (QED) is 0.747. The first-order valence-electron chi connectivity index (χ1n) is 6.96. The van der Waals surface area contributed by atoms with Crippen molar-refractivity contribution in [1.82, 2.24) is 15.5 Å². The molecule has 1 aromatic heterocycles. The lowest BCUT2D eigenvalue weighted by molar-refractivity contribution is 0.0936. The number of rotatable bonds is 6. The number of amides is 1. The molecule has 0 saturated carbocycles. The maximum atomic E-state index is 12.9. The Morgan fingerprint density at radius 2 is 2.00 bits per heavy atom. The predicted octanol–water partition coefficient (Wildman–Crippen LogP) is 1.88. The van der Waals surface area contributed by atoms with E-state index >= 15 is 0 Å². The van der Waals surface area contributed by atoms with Gasteiger partial charge in [0.2, 0.25) is 0 Å². The molecule has 0 spiro atoms. The largest absolute Gasteiger partial charge is 0.349 e. The molecule has 124 valence electrons. The Hall–Kier alpha value is -2.42. The molecule has 23 heavy (non-hydrogen) atoms. The second kappa shape index (κ2) is 6.78. The third kappa shape index (κ3) is 4.07. The van der Waals surface area contributed by atoms with Gasteiger partial charge in [-0.1, -0.05) is 6.92 Å². The van der Waals surface area contributed by atoms with Gasteiger partial charge in [0.15, 0.2) is 5.03 Å². The van der Waals surface area contributed by atoms with Crippen molar-refractivity contribution < 1.29 is 17.6 Å². The number of hydrogen-bond acceptors (Lipinski definition) is 4. The minimum absolute atomic E-state index is 0.0834. The molecule has 1 amide bonds. The van der Waals surface area contributed by atoms with Crippen molar-refractivity contribution >= 4 is 21.6 Å². The number of carbonyl (C=O) groups excluding carboxylic acids is 1. The predicted molar refractivity (Wildman–Crippen MR) is 83.0 cm³/mol. The molecule has 0 fully saturated rings. The van der Waals surface area contributed by atoms with Gasteiger partial charge in [-0.05, 0) is 37.6 Å². The van der Waals surface area contributed by atoms with Crippen molar-refractivity contribution in [2.75, 3.05) is 4.72 Å². The second-order valence-electron chi connectivity index (χ2n) is 5.01. The van der Waals surface area contributed by atoms with Crippen LogP contribution in [0.5, 0.6) is 0 Å². The van der Waals surface area contributed by atoms with E-state index in [4.69, 9.17) is 0 Å². The lowest BCUT2D eigenvalue weighted by atomic mass is 10.2. The standard InChI is InChI=1S/C14H17FN4O3S/c1-3-9(2)17-13(20)12-8-16-18-14(12)23(21,22)19-11-6-4-10(15)5-7-11/h4-9,19H,3H2,1-2H3,(H,16,18)(H,17,20)/t9-/m1/s1. The van der Waals surface area contributed by atoms with Crippen molar-refractivity contribution in [3.05, 3.63) is 41.8 Å². The summed E-state index contributed by atoms with van der Waals surface area (Å²) in [7, 11) is -4.05. The van der Waals surface area contributed by atoms with Crippen LogP contribution in [0.15, 0.2) is 35.5 Å².